The number of halogens is 1. The number of nitrogens with zero attached hydrogens (tertiary/aromatic N) is 1. The first kappa shape index (κ1) is 14.1. The molecule has 1 atom stereocenters. The van der Waals surface area contributed by atoms with E-state index >= 15 is 0 Å². The van der Waals surface area contributed by atoms with E-state index in [2.05, 4.69) is 41.6 Å². The predicted octanol–water partition coefficient (Wildman–Crippen LogP) is 4.55. The van der Waals surface area contributed by atoms with Crippen LogP contribution >= 0.6 is 27.3 Å². The second-order valence-corrected chi connectivity index (χ2v) is 7.93. The van der Waals surface area contributed by atoms with Gasteiger partial charge in [0.15, 0.2) is 0 Å². The number of hydrogen-bond donors (Lipinski definition) is 0. The molecule has 0 saturated carbocycles. The molecular formula is C14H20BrNOS. The molecule has 1 aliphatic heterocycles. The van der Waals surface area contributed by atoms with Crippen molar-refractivity contribution in [1.29, 1.82) is 0 Å². The highest BCUT2D eigenvalue weighted by atomic mass is 79.9. The van der Waals surface area contributed by atoms with Crippen molar-refractivity contribution in [3.8, 4) is 0 Å². The van der Waals surface area contributed by atoms with Crippen LogP contribution in [0.5, 0.6) is 0 Å². The third kappa shape index (κ3) is 3.15. The summed E-state index contributed by atoms with van der Waals surface area (Å²) < 4.78 is 0.930. The van der Waals surface area contributed by atoms with Crippen LogP contribution in [0.25, 0.3) is 0 Å². The predicted molar refractivity (Wildman–Crippen MR) is 80.1 cm³/mol. The summed E-state index contributed by atoms with van der Waals surface area (Å²) in [7, 11) is 0. The topological polar surface area (TPSA) is 20.3 Å². The summed E-state index contributed by atoms with van der Waals surface area (Å²) in [6.45, 7) is 7.64. The van der Waals surface area contributed by atoms with Crippen LogP contribution in [-0.2, 0) is 0 Å². The highest BCUT2D eigenvalue weighted by Crippen LogP contribution is 2.33. The molecule has 0 aliphatic carbocycles. The van der Waals surface area contributed by atoms with Gasteiger partial charge in [-0.05, 0) is 52.1 Å². The van der Waals surface area contributed by atoms with Gasteiger partial charge in [-0.3, -0.25) is 4.79 Å². The van der Waals surface area contributed by atoms with Crippen molar-refractivity contribution < 1.29 is 4.79 Å². The molecule has 0 radical (unpaired) electrons. The fraction of sp³-hybridized carbons (Fsp3) is 0.643. The first-order chi connectivity index (χ1) is 8.38. The van der Waals surface area contributed by atoms with E-state index < -0.39 is 0 Å². The maximum Gasteiger partial charge on any atom is 0.265 e. The van der Waals surface area contributed by atoms with Crippen molar-refractivity contribution in [3.63, 3.8) is 0 Å². The lowest BCUT2D eigenvalue weighted by molar-refractivity contribution is 0.0708. The SMILES string of the molecule is CC(C)(C)CC1CCCN1C(=O)c1sccc1Br. The summed E-state index contributed by atoms with van der Waals surface area (Å²) in [5, 5.41) is 1.96. The molecule has 0 aromatic carbocycles. The highest BCUT2D eigenvalue weighted by Gasteiger charge is 2.33. The van der Waals surface area contributed by atoms with Crippen LogP contribution in [0.3, 0.4) is 0 Å². The highest BCUT2D eigenvalue weighted by molar-refractivity contribution is 9.10. The summed E-state index contributed by atoms with van der Waals surface area (Å²) >= 11 is 4.98. The maximum atomic E-state index is 12.5. The fourth-order valence-electron chi connectivity index (χ4n) is 2.60. The molecule has 1 unspecified atom stereocenters. The van der Waals surface area contributed by atoms with E-state index in [0.29, 0.717) is 6.04 Å². The molecule has 0 spiro atoms. The van der Waals surface area contributed by atoms with Crippen molar-refractivity contribution in [2.75, 3.05) is 6.54 Å². The monoisotopic (exact) mass is 329 g/mol. The van der Waals surface area contributed by atoms with Gasteiger partial charge in [-0.25, -0.2) is 0 Å². The Morgan fingerprint density at radius 2 is 2.28 bits per heavy atom. The van der Waals surface area contributed by atoms with Crippen LogP contribution in [-0.4, -0.2) is 23.4 Å². The van der Waals surface area contributed by atoms with E-state index in [0.717, 1.165) is 35.2 Å². The number of carbonyl (C=O) groups is 1. The van der Waals surface area contributed by atoms with Crippen LogP contribution in [0.15, 0.2) is 15.9 Å². The van der Waals surface area contributed by atoms with Gasteiger partial charge in [0.1, 0.15) is 4.88 Å². The zero-order valence-electron chi connectivity index (χ0n) is 11.2. The second-order valence-electron chi connectivity index (χ2n) is 6.16. The molecule has 4 heteroatoms. The third-order valence-corrected chi connectivity index (χ3v) is 5.12. The van der Waals surface area contributed by atoms with Crippen molar-refractivity contribution in [2.45, 2.75) is 46.1 Å². The van der Waals surface area contributed by atoms with Crippen LogP contribution in [0.1, 0.15) is 49.7 Å². The molecule has 2 nitrogen and oxygen atoms in total. The number of hydrogen-bond acceptors (Lipinski definition) is 2. The number of thiophene rings is 1. The summed E-state index contributed by atoms with van der Waals surface area (Å²) in [6, 6.07) is 2.36. The van der Waals surface area contributed by atoms with Gasteiger partial charge in [-0.15, -0.1) is 11.3 Å². The van der Waals surface area contributed by atoms with Crippen LogP contribution in [0.2, 0.25) is 0 Å². The molecule has 1 fully saturated rings. The van der Waals surface area contributed by atoms with E-state index in [9.17, 15) is 4.79 Å². The Morgan fingerprint density at radius 1 is 1.56 bits per heavy atom. The quantitative estimate of drug-likeness (QED) is 0.779. The molecule has 2 rings (SSSR count). The third-order valence-electron chi connectivity index (χ3n) is 3.30. The normalized spacial score (nSPS) is 20.4. The Morgan fingerprint density at radius 3 is 2.83 bits per heavy atom. The molecule has 1 aromatic heterocycles. The Kier molecular flexibility index (Phi) is 4.17. The Hall–Kier alpha value is -0.350. The molecule has 1 amide bonds. The first-order valence-corrected chi connectivity index (χ1v) is 8.10. The van der Waals surface area contributed by atoms with Crippen LogP contribution < -0.4 is 0 Å². The van der Waals surface area contributed by atoms with Gasteiger partial charge in [0.05, 0.1) is 0 Å². The Bertz CT molecular complexity index is 435. The Balaban J connectivity index is 2.12. The van der Waals surface area contributed by atoms with E-state index in [1.807, 2.05) is 11.4 Å². The van der Waals surface area contributed by atoms with E-state index in [-0.39, 0.29) is 11.3 Å². The van der Waals surface area contributed by atoms with Crippen LogP contribution in [0.4, 0.5) is 0 Å². The summed E-state index contributed by atoms with van der Waals surface area (Å²) in [4.78, 5) is 15.4. The first-order valence-electron chi connectivity index (χ1n) is 6.42. The minimum absolute atomic E-state index is 0.198. The lowest BCUT2D eigenvalue weighted by Gasteiger charge is -2.30. The Labute approximate surface area is 122 Å². The van der Waals surface area contributed by atoms with Gasteiger partial charge >= 0.3 is 0 Å². The average molecular weight is 330 g/mol. The molecule has 2 heterocycles. The summed E-state index contributed by atoms with van der Waals surface area (Å²) in [5.41, 5.74) is 0.278. The second kappa shape index (κ2) is 5.33. The van der Waals surface area contributed by atoms with E-state index in [1.54, 1.807) is 0 Å². The zero-order chi connectivity index (χ0) is 13.3. The number of amides is 1. The number of rotatable bonds is 2. The van der Waals surface area contributed by atoms with Gasteiger partial charge in [0.2, 0.25) is 0 Å². The minimum Gasteiger partial charge on any atom is -0.335 e. The van der Waals surface area contributed by atoms with Gasteiger partial charge < -0.3 is 4.90 Å². The molecule has 0 bridgehead atoms. The van der Waals surface area contributed by atoms with Crippen LogP contribution in [0, 0.1) is 5.41 Å². The standard InChI is InChI=1S/C14H20BrNOS/c1-14(2,3)9-10-5-4-7-16(10)13(17)12-11(15)6-8-18-12/h6,8,10H,4-5,7,9H2,1-3H3. The summed E-state index contributed by atoms with van der Waals surface area (Å²) in [6.07, 6.45) is 3.36. The molecule has 1 saturated heterocycles. The molecule has 0 N–H and O–H groups in total. The van der Waals surface area contributed by atoms with Gasteiger partial charge in [0.25, 0.3) is 5.91 Å². The molecule has 100 valence electrons. The largest absolute Gasteiger partial charge is 0.335 e. The maximum absolute atomic E-state index is 12.5. The van der Waals surface area contributed by atoms with Crippen molar-refractivity contribution in [3.05, 3.63) is 20.8 Å². The lowest BCUT2D eigenvalue weighted by Crippen LogP contribution is -2.37. The van der Waals surface area contributed by atoms with Gasteiger partial charge in [-0.2, -0.15) is 0 Å². The van der Waals surface area contributed by atoms with Crippen molar-refractivity contribution in [2.24, 2.45) is 5.41 Å². The minimum atomic E-state index is 0.198. The van der Waals surface area contributed by atoms with Crippen molar-refractivity contribution in [1.82, 2.24) is 4.90 Å². The molecule has 1 aromatic rings. The smallest absolute Gasteiger partial charge is 0.265 e. The van der Waals surface area contributed by atoms with Gasteiger partial charge in [-0.1, -0.05) is 20.8 Å². The number of carbonyl (C=O) groups excluding carboxylic acids is 1. The summed E-state index contributed by atoms with van der Waals surface area (Å²) in [5.74, 6) is 0.198. The number of likely N-dealkylation sites (tertiary alicyclic amines) is 1. The van der Waals surface area contributed by atoms with Gasteiger partial charge in [0, 0.05) is 17.1 Å². The lowest BCUT2D eigenvalue weighted by atomic mass is 9.87. The zero-order valence-corrected chi connectivity index (χ0v) is 13.6. The van der Waals surface area contributed by atoms with E-state index in [4.69, 9.17) is 0 Å². The van der Waals surface area contributed by atoms with Crippen molar-refractivity contribution >= 4 is 33.2 Å². The fourth-order valence-corrected chi connectivity index (χ4v) is 4.09. The van der Waals surface area contributed by atoms with E-state index in [1.165, 1.54) is 11.3 Å². The molecule has 18 heavy (non-hydrogen) atoms. The average Bonchev–Trinajstić information content (AvgIpc) is 2.84. The molecular weight excluding hydrogens is 310 g/mol. The molecule has 1 aliphatic rings.